The van der Waals surface area contributed by atoms with E-state index in [1.165, 1.54) is 31.6 Å². The molecule has 1 amide bonds. The maximum atomic E-state index is 14.4. The molecule has 36 heavy (non-hydrogen) atoms. The molecule has 0 saturated heterocycles. The van der Waals surface area contributed by atoms with Crippen LogP contribution in [-0.4, -0.2) is 34.5 Å². The Morgan fingerprint density at radius 3 is 2.94 bits per heavy atom. The lowest BCUT2D eigenvalue weighted by atomic mass is 10.0. The minimum Gasteiger partial charge on any atom is -0.492 e. The van der Waals surface area contributed by atoms with Crippen LogP contribution in [-0.2, 0) is 13.0 Å². The van der Waals surface area contributed by atoms with Crippen molar-refractivity contribution < 1.29 is 18.7 Å². The Morgan fingerprint density at radius 2 is 2.11 bits per heavy atom. The summed E-state index contributed by atoms with van der Waals surface area (Å²) in [4.78, 5) is 35.0. The summed E-state index contributed by atoms with van der Waals surface area (Å²) < 4.78 is 25.6. The van der Waals surface area contributed by atoms with Gasteiger partial charge in [0.2, 0.25) is 0 Å². The summed E-state index contributed by atoms with van der Waals surface area (Å²) in [7, 11) is 1.37. The van der Waals surface area contributed by atoms with Gasteiger partial charge in [0.05, 0.1) is 46.5 Å². The first-order valence-electron chi connectivity index (χ1n) is 11.0. The average Bonchev–Trinajstić information content (AvgIpc) is 3.24. The summed E-state index contributed by atoms with van der Waals surface area (Å²) in [6, 6.07) is 7.73. The number of aromatic nitrogens is 3. The normalized spacial score (nSPS) is 12.6. The van der Waals surface area contributed by atoms with E-state index in [9.17, 15) is 14.0 Å². The van der Waals surface area contributed by atoms with Crippen LogP contribution in [0.25, 0.3) is 11.3 Å². The fourth-order valence-electron chi connectivity index (χ4n) is 4.12. The number of carbonyl (C=O) groups is 1. The van der Waals surface area contributed by atoms with Crippen LogP contribution in [0.1, 0.15) is 21.6 Å². The Labute approximate surface area is 209 Å². The Balaban J connectivity index is 1.59. The van der Waals surface area contributed by atoms with Crippen molar-refractivity contribution in [3.8, 4) is 22.8 Å². The molecule has 9 nitrogen and oxygen atoms in total. The highest BCUT2D eigenvalue weighted by Gasteiger charge is 2.29. The number of carbonyl (C=O) groups excluding carboxylic acids is 1. The largest absolute Gasteiger partial charge is 0.492 e. The van der Waals surface area contributed by atoms with Crippen LogP contribution in [0.5, 0.6) is 11.5 Å². The topological polar surface area (TPSA) is 121 Å². The quantitative estimate of drug-likeness (QED) is 0.297. The number of halogens is 2. The zero-order valence-corrected chi connectivity index (χ0v) is 19.8. The van der Waals surface area contributed by atoms with E-state index in [0.29, 0.717) is 57.5 Å². The van der Waals surface area contributed by atoms with Crippen molar-refractivity contribution in [2.75, 3.05) is 19.0 Å². The number of H-pyrrole nitrogens is 2. The molecular weight excluding hydrogens is 489 g/mol. The molecule has 1 aliphatic rings. The number of para-hydroxylation sites is 1. The maximum absolute atomic E-state index is 14.4. The number of hydrogen-bond acceptors (Lipinski definition) is 6. The molecule has 4 aromatic rings. The van der Waals surface area contributed by atoms with Crippen molar-refractivity contribution in [3.05, 3.63) is 86.9 Å². The fraction of sp³-hybridized carbons (Fsp3) is 0.160. The molecule has 0 fully saturated rings. The number of pyridine rings is 2. The highest BCUT2D eigenvalue weighted by molar-refractivity contribution is 6.30. The van der Waals surface area contributed by atoms with Gasteiger partial charge >= 0.3 is 0 Å². The van der Waals surface area contributed by atoms with Crippen LogP contribution in [0.3, 0.4) is 0 Å². The van der Waals surface area contributed by atoms with E-state index in [1.807, 2.05) is 0 Å². The van der Waals surface area contributed by atoms with E-state index in [1.54, 1.807) is 24.4 Å². The number of hydrogen-bond donors (Lipinski definition) is 4. The second-order valence-electron chi connectivity index (χ2n) is 8.01. The first kappa shape index (κ1) is 23.4. The Bertz CT molecular complexity index is 1520. The van der Waals surface area contributed by atoms with Crippen LogP contribution in [0.15, 0.2) is 53.7 Å². The molecule has 0 saturated carbocycles. The molecule has 0 unspecified atom stereocenters. The molecule has 0 spiro atoms. The molecule has 0 atom stereocenters. The molecular formula is C25H21ClFN5O4. The van der Waals surface area contributed by atoms with Gasteiger partial charge in [0.25, 0.3) is 11.5 Å². The van der Waals surface area contributed by atoms with Gasteiger partial charge in [0, 0.05) is 36.6 Å². The summed E-state index contributed by atoms with van der Waals surface area (Å²) in [6.07, 6.45) is 5.08. The number of ether oxygens (including phenoxy) is 2. The number of anilines is 2. The molecule has 5 rings (SSSR count). The van der Waals surface area contributed by atoms with Gasteiger partial charge in [0.1, 0.15) is 12.4 Å². The summed E-state index contributed by atoms with van der Waals surface area (Å²) in [6.45, 7) is 0.418. The maximum Gasteiger partial charge on any atom is 0.255 e. The van der Waals surface area contributed by atoms with Gasteiger partial charge in [-0.3, -0.25) is 14.6 Å². The second-order valence-corrected chi connectivity index (χ2v) is 8.45. The van der Waals surface area contributed by atoms with E-state index in [-0.39, 0.29) is 23.8 Å². The van der Waals surface area contributed by atoms with E-state index in [2.05, 4.69) is 25.6 Å². The Morgan fingerprint density at radius 1 is 1.25 bits per heavy atom. The molecule has 0 bridgehead atoms. The zero-order chi connectivity index (χ0) is 25.2. The lowest BCUT2D eigenvalue weighted by Gasteiger charge is -2.17. The molecule has 184 valence electrons. The third kappa shape index (κ3) is 4.38. The van der Waals surface area contributed by atoms with Crippen LogP contribution >= 0.6 is 11.6 Å². The minimum absolute atomic E-state index is 0.0148. The molecule has 1 aliphatic heterocycles. The van der Waals surface area contributed by atoms with Crippen LogP contribution in [0.2, 0.25) is 5.02 Å². The molecule has 3 aromatic heterocycles. The van der Waals surface area contributed by atoms with E-state index >= 15 is 0 Å². The number of methoxy groups -OCH3 is 1. The van der Waals surface area contributed by atoms with E-state index in [0.717, 1.165) is 5.69 Å². The van der Waals surface area contributed by atoms with Gasteiger partial charge in [-0.25, -0.2) is 4.39 Å². The molecule has 0 aliphatic carbocycles. The number of rotatable bonds is 7. The van der Waals surface area contributed by atoms with Gasteiger partial charge in [-0.05, 0) is 24.3 Å². The van der Waals surface area contributed by atoms with Gasteiger partial charge in [-0.15, -0.1) is 0 Å². The highest BCUT2D eigenvalue weighted by Crippen LogP contribution is 2.42. The third-order valence-electron chi connectivity index (χ3n) is 5.78. The number of aromatic amines is 2. The molecule has 0 radical (unpaired) electrons. The third-order valence-corrected chi connectivity index (χ3v) is 6.00. The summed E-state index contributed by atoms with van der Waals surface area (Å²) >= 11 is 6.00. The SMILES string of the molecule is COc1c(F)cccc1Nc1c(-c2ccncc2OCc2cc(Cl)c[nH]c2=O)[nH]c2c1C(=O)NCC2. The summed E-state index contributed by atoms with van der Waals surface area (Å²) in [5.41, 5.74) is 3.06. The number of nitrogens with one attached hydrogen (secondary N) is 4. The fourth-order valence-corrected chi connectivity index (χ4v) is 4.31. The second kappa shape index (κ2) is 9.74. The Kier molecular flexibility index (Phi) is 6.34. The van der Waals surface area contributed by atoms with Gasteiger partial charge < -0.3 is 30.1 Å². The monoisotopic (exact) mass is 509 g/mol. The minimum atomic E-state index is -0.544. The number of amides is 1. The van der Waals surface area contributed by atoms with Gasteiger partial charge in [0.15, 0.2) is 11.6 Å². The highest BCUT2D eigenvalue weighted by atomic mass is 35.5. The zero-order valence-electron chi connectivity index (χ0n) is 19.1. The molecule has 1 aromatic carbocycles. The Hall–Kier alpha value is -4.31. The number of fused-ring (bicyclic) bond motifs is 1. The molecule has 4 heterocycles. The lowest BCUT2D eigenvalue weighted by Crippen LogP contribution is -2.31. The molecule has 11 heteroatoms. The first-order chi connectivity index (χ1) is 17.5. The predicted octanol–water partition coefficient (Wildman–Crippen LogP) is 4.17. The van der Waals surface area contributed by atoms with Crippen LogP contribution < -0.4 is 25.7 Å². The standard InChI is InChI=1S/C25H21ClFN5O4/c1-35-23-16(27)3-2-4-18(23)32-22-20-17(6-8-29-25(20)34)31-21(22)15-5-7-28-11-19(15)36-12-13-9-14(26)10-30-24(13)33/h2-5,7,9-11,31-32H,6,8,12H2,1H3,(H,29,34)(H,30,33). The number of nitrogens with zero attached hydrogens (tertiary/aromatic N) is 1. The molecule has 4 N–H and O–H groups in total. The lowest BCUT2D eigenvalue weighted by molar-refractivity contribution is 0.0947. The van der Waals surface area contributed by atoms with Crippen molar-refractivity contribution in [1.29, 1.82) is 0 Å². The van der Waals surface area contributed by atoms with Crippen LogP contribution in [0.4, 0.5) is 15.8 Å². The first-order valence-corrected chi connectivity index (χ1v) is 11.4. The van der Waals surface area contributed by atoms with E-state index < -0.39 is 5.82 Å². The average molecular weight is 510 g/mol. The summed E-state index contributed by atoms with van der Waals surface area (Å²) in [5, 5.41) is 6.40. The van der Waals surface area contributed by atoms with Crippen molar-refractivity contribution in [2.24, 2.45) is 0 Å². The van der Waals surface area contributed by atoms with E-state index in [4.69, 9.17) is 21.1 Å². The van der Waals surface area contributed by atoms with Gasteiger partial charge in [-0.2, -0.15) is 0 Å². The summed E-state index contributed by atoms with van der Waals surface area (Å²) in [5.74, 6) is -0.428. The predicted molar refractivity (Wildman–Crippen MR) is 133 cm³/mol. The van der Waals surface area contributed by atoms with Crippen molar-refractivity contribution in [2.45, 2.75) is 13.0 Å². The van der Waals surface area contributed by atoms with Crippen LogP contribution in [0, 0.1) is 5.82 Å². The van der Waals surface area contributed by atoms with Crippen molar-refractivity contribution in [1.82, 2.24) is 20.3 Å². The smallest absolute Gasteiger partial charge is 0.255 e. The van der Waals surface area contributed by atoms with Gasteiger partial charge in [-0.1, -0.05) is 17.7 Å². The number of benzene rings is 1. The van der Waals surface area contributed by atoms with Crippen molar-refractivity contribution >= 4 is 28.9 Å². The van der Waals surface area contributed by atoms with Crippen molar-refractivity contribution in [3.63, 3.8) is 0 Å².